The van der Waals surface area contributed by atoms with Crippen molar-refractivity contribution < 1.29 is 14.0 Å². The summed E-state index contributed by atoms with van der Waals surface area (Å²) in [6.45, 7) is 1.52. The minimum Gasteiger partial charge on any atom is -0.365 e. The molecule has 1 aromatic heterocycles. The molecule has 33 heavy (non-hydrogen) atoms. The van der Waals surface area contributed by atoms with Gasteiger partial charge in [0, 0.05) is 31.7 Å². The van der Waals surface area contributed by atoms with Crippen molar-refractivity contribution in [3.05, 3.63) is 87.6 Å². The highest BCUT2D eigenvalue weighted by Crippen LogP contribution is 2.23. The van der Waals surface area contributed by atoms with Gasteiger partial charge in [0.25, 0.3) is 11.5 Å². The minimum absolute atomic E-state index is 0.0657. The van der Waals surface area contributed by atoms with E-state index in [-0.39, 0.29) is 23.0 Å². The Morgan fingerprint density at radius 3 is 2.45 bits per heavy atom. The molecule has 1 fully saturated rings. The molecule has 8 nitrogen and oxygen atoms in total. The third kappa shape index (κ3) is 5.04. The summed E-state index contributed by atoms with van der Waals surface area (Å²) < 4.78 is 14.5. The number of nitrogens with one attached hydrogen (secondary N) is 1. The molecule has 0 radical (unpaired) electrons. The molecule has 1 saturated heterocycles. The number of para-hydroxylation sites is 1. The molecule has 2 amide bonds. The number of rotatable bonds is 5. The Morgan fingerprint density at radius 1 is 1.03 bits per heavy atom. The van der Waals surface area contributed by atoms with Gasteiger partial charge in [-0.3, -0.25) is 14.4 Å². The van der Waals surface area contributed by atoms with Crippen LogP contribution in [0.4, 0.5) is 10.1 Å². The first-order chi connectivity index (χ1) is 15.9. The molecule has 4 rings (SSSR count). The number of benzene rings is 2. The predicted octanol–water partition coefficient (Wildman–Crippen LogP) is 2.10. The Kier molecular flexibility index (Phi) is 6.69. The predicted molar refractivity (Wildman–Crippen MR) is 122 cm³/mol. The second kappa shape index (κ2) is 9.83. The first-order valence-electron chi connectivity index (χ1n) is 10.3. The number of hydrogen-bond donors (Lipinski definition) is 1. The number of carbonyl (C=O) groups is 2. The van der Waals surface area contributed by atoms with Crippen molar-refractivity contribution in [1.29, 1.82) is 0 Å². The molecule has 1 aliphatic rings. The maximum Gasteiger partial charge on any atom is 0.292 e. The SMILES string of the molecule is O=C(NCC(=O)N1CCN(c2cnn(-c3ccccc3)c(=O)c2Cl)CC1)c1cccc(F)c1. The van der Waals surface area contributed by atoms with Crippen LogP contribution in [0.3, 0.4) is 0 Å². The number of piperazine rings is 1. The molecule has 0 atom stereocenters. The van der Waals surface area contributed by atoms with Crippen LogP contribution in [0.5, 0.6) is 0 Å². The van der Waals surface area contributed by atoms with Gasteiger partial charge in [-0.1, -0.05) is 35.9 Å². The fourth-order valence-electron chi connectivity index (χ4n) is 3.59. The molecular formula is C23H21ClFN5O3. The summed E-state index contributed by atoms with van der Waals surface area (Å²) in [7, 11) is 0. The molecule has 0 aliphatic carbocycles. The largest absolute Gasteiger partial charge is 0.365 e. The Hall–Kier alpha value is -3.72. The lowest BCUT2D eigenvalue weighted by molar-refractivity contribution is -0.130. The molecule has 2 heterocycles. The van der Waals surface area contributed by atoms with Gasteiger partial charge in [-0.05, 0) is 30.3 Å². The smallest absolute Gasteiger partial charge is 0.292 e. The average Bonchev–Trinajstić information content (AvgIpc) is 2.84. The second-order valence-corrected chi connectivity index (χ2v) is 7.84. The molecule has 3 aromatic rings. The fourth-order valence-corrected chi connectivity index (χ4v) is 3.84. The van der Waals surface area contributed by atoms with E-state index in [0.29, 0.717) is 37.6 Å². The van der Waals surface area contributed by atoms with Gasteiger partial charge in [0.15, 0.2) is 0 Å². The molecule has 0 saturated carbocycles. The summed E-state index contributed by atoms with van der Waals surface area (Å²) in [5.74, 6) is -1.28. The van der Waals surface area contributed by atoms with Gasteiger partial charge in [-0.2, -0.15) is 9.78 Å². The summed E-state index contributed by atoms with van der Waals surface area (Å²) in [5.41, 5.74) is 0.867. The normalized spacial score (nSPS) is 13.6. The molecule has 1 aliphatic heterocycles. The van der Waals surface area contributed by atoms with Crippen molar-refractivity contribution in [2.75, 3.05) is 37.6 Å². The van der Waals surface area contributed by atoms with Crippen molar-refractivity contribution in [2.24, 2.45) is 0 Å². The number of aromatic nitrogens is 2. The van der Waals surface area contributed by atoms with Crippen molar-refractivity contribution in [1.82, 2.24) is 20.0 Å². The van der Waals surface area contributed by atoms with Gasteiger partial charge in [-0.25, -0.2) is 4.39 Å². The van der Waals surface area contributed by atoms with E-state index in [2.05, 4.69) is 10.4 Å². The first kappa shape index (κ1) is 22.5. The van der Waals surface area contributed by atoms with Gasteiger partial charge in [0.2, 0.25) is 5.91 Å². The first-order valence-corrected chi connectivity index (χ1v) is 10.7. The van der Waals surface area contributed by atoms with Crippen LogP contribution in [0.2, 0.25) is 5.02 Å². The average molecular weight is 470 g/mol. The number of amides is 2. The summed E-state index contributed by atoms with van der Waals surface area (Å²) in [6, 6.07) is 14.3. The maximum absolute atomic E-state index is 13.3. The minimum atomic E-state index is -0.519. The molecule has 10 heteroatoms. The van der Waals surface area contributed by atoms with Crippen molar-refractivity contribution in [3.8, 4) is 5.69 Å². The van der Waals surface area contributed by atoms with Crippen LogP contribution in [-0.4, -0.2) is 59.2 Å². The molecule has 2 aromatic carbocycles. The van der Waals surface area contributed by atoms with Gasteiger partial charge >= 0.3 is 0 Å². The van der Waals surface area contributed by atoms with Crippen LogP contribution in [0.1, 0.15) is 10.4 Å². The number of anilines is 1. The van der Waals surface area contributed by atoms with E-state index < -0.39 is 17.3 Å². The Labute approximate surface area is 194 Å². The zero-order valence-electron chi connectivity index (χ0n) is 17.6. The van der Waals surface area contributed by atoms with Crippen molar-refractivity contribution >= 4 is 29.1 Å². The van der Waals surface area contributed by atoms with Crippen molar-refractivity contribution in [2.45, 2.75) is 0 Å². The lowest BCUT2D eigenvalue weighted by atomic mass is 10.2. The monoisotopic (exact) mass is 469 g/mol. The summed E-state index contributed by atoms with van der Waals surface area (Å²) >= 11 is 6.36. The highest BCUT2D eigenvalue weighted by atomic mass is 35.5. The number of carbonyl (C=O) groups excluding carboxylic acids is 2. The van der Waals surface area contributed by atoms with Crippen LogP contribution in [-0.2, 0) is 4.79 Å². The molecule has 1 N–H and O–H groups in total. The number of nitrogens with zero attached hydrogens (tertiary/aromatic N) is 4. The zero-order chi connectivity index (χ0) is 23.4. The molecule has 170 valence electrons. The van der Waals surface area contributed by atoms with Crippen LogP contribution in [0, 0.1) is 5.82 Å². The fraction of sp³-hybridized carbons (Fsp3) is 0.217. The topological polar surface area (TPSA) is 87.5 Å². The van der Waals surface area contributed by atoms with Crippen molar-refractivity contribution in [3.63, 3.8) is 0 Å². The van der Waals surface area contributed by atoms with Crippen LogP contribution in [0.15, 0.2) is 65.6 Å². The van der Waals surface area contributed by atoms with E-state index in [0.717, 1.165) is 6.07 Å². The zero-order valence-corrected chi connectivity index (χ0v) is 18.3. The number of hydrogen-bond acceptors (Lipinski definition) is 5. The van der Waals surface area contributed by atoms with E-state index in [9.17, 15) is 18.8 Å². The van der Waals surface area contributed by atoms with Crippen LogP contribution >= 0.6 is 11.6 Å². The Bertz CT molecular complexity index is 1230. The Balaban J connectivity index is 1.35. The highest BCUT2D eigenvalue weighted by Gasteiger charge is 2.24. The standard InChI is InChI=1S/C23H21ClFN5O3/c24-21-19(14-27-30(23(21)33)18-7-2-1-3-8-18)28-9-11-29(12-10-28)20(31)15-26-22(32)16-5-4-6-17(25)13-16/h1-8,13-14H,9-12,15H2,(H,26,32). The van der Waals surface area contributed by atoms with E-state index in [1.54, 1.807) is 23.2 Å². The van der Waals surface area contributed by atoms with E-state index in [1.165, 1.54) is 22.9 Å². The highest BCUT2D eigenvalue weighted by molar-refractivity contribution is 6.33. The van der Waals surface area contributed by atoms with Crippen LogP contribution in [0.25, 0.3) is 5.69 Å². The van der Waals surface area contributed by atoms with E-state index >= 15 is 0 Å². The molecule has 0 unspecified atom stereocenters. The number of halogens is 2. The molecule has 0 bridgehead atoms. The van der Waals surface area contributed by atoms with E-state index in [4.69, 9.17) is 11.6 Å². The van der Waals surface area contributed by atoms with Gasteiger partial charge in [0.05, 0.1) is 24.1 Å². The summed E-state index contributed by atoms with van der Waals surface area (Å²) in [5, 5.41) is 6.83. The lowest BCUT2D eigenvalue weighted by Gasteiger charge is -2.36. The van der Waals surface area contributed by atoms with Gasteiger partial charge < -0.3 is 15.1 Å². The molecule has 0 spiro atoms. The lowest BCUT2D eigenvalue weighted by Crippen LogP contribution is -2.51. The summed E-state index contributed by atoms with van der Waals surface area (Å²) in [4.78, 5) is 40.8. The quantitative estimate of drug-likeness (QED) is 0.618. The van der Waals surface area contributed by atoms with Crippen LogP contribution < -0.4 is 15.8 Å². The third-order valence-electron chi connectivity index (χ3n) is 5.36. The van der Waals surface area contributed by atoms with Gasteiger partial charge in [-0.15, -0.1) is 0 Å². The Morgan fingerprint density at radius 2 is 1.76 bits per heavy atom. The third-order valence-corrected chi connectivity index (χ3v) is 5.72. The molecular weight excluding hydrogens is 449 g/mol. The maximum atomic E-state index is 13.3. The van der Waals surface area contributed by atoms with Gasteiger partial charge in [0.1, 0.15) is 10.8 Å². The summed E-state index contributed by atoms with van der Waals surface area (Å²) in [6.07, 6.45) is 1.55. The second-order valence-electron chi connectivity index (χ2n) is 7.46. The van der Waals surface area contributed by atoms with E-state index in [1.807, 2.05) is 23.1 Å².